The number of primary amides is 1. The van der Waals surface area contributed by atoms with E-state index >= 15 is 0 Å². The van der Waals surface area contributed by atoms with Crippen LogP contribution >= 0.6 is 11.8 Å². The minimum atomic E-state index is -1.58. The van der Waals surface area contributed by atoms with Gasteiger partial charge in [-0.3, -0.25) is 62.3 Å². The van der Waals surface area contributed by atoms with Gasteiger partial charge < -0.3 is 47.6 Å². The monoisotopic (exact) mass is 1250 g/mol. The molecule has 9 N–H and O–H groups in total. The minimum Gasteiger partial charge on any atom is -0.394 e. The quantitative estimate of drug-likeness (QED) is 0.0424. The van der Waals surface area contributed by atoms with Crippen molar-refractivity contribution in [2.24, 2.45) is 41.1 Å². The predicted molar refractivity (Wildman–Crippen MR) is 338 cm³/mol. The number of hydrogen-bond donors (Lipinski definition) is 7. The zero-order chi connectivity index (χ0) is 66.7. The highest BCUT2D eigenvalue weighted by molar-refractivity contribution is 8.12. The van der Waals surface area contributed by atoms with Crippen LogP contribution < -0.4 is 32.7 Å². The van der Waals surface area contributed by atoms with Gasteiger partial charge in [-0.25, -0.2) is 0 Å². The standard InChI is InChI=1S/C66H92N8O14S/c1-39(2)30-49(69-59(82)29-27-54(77)52(34-46-22-16-12-17-23-46)74(10)65(87)42(6)32-55(78)43(7)67)56(79)31-41(5)62(84)72-61(40(3)4)57(80)35-48(33-45-20-14-11-15-21-45)64(86)70-50(36-60(83)89-38-47-24-18-13-19-25-47)66(88)73(9)44(8)63(85)71-51(37-75)53(76)26-28-58(68)81/h11-25,39-44,48-52,61,75H,26-38,67H2,1-10H3,(H2,68,81)(H,69,82)(H,70,86)(H,71,85)(H,72,84)/t41-,42-,43+,44+,48-,49+,50+,51+,52+,61+/m1/s1. The zero-order valence-electron chi connectivity index (χ0n) is 53.0. The Morgan fingerprint density at radius 3 is 1.56 bits per heavy atom. The second-order valence-corrected chi connectivity index (χ2v) is 24.8. The van der Waals surface area contributed by atoms with E-state index in [-0.39, 0.29) is 75.2 Å². The van der Waals surface area contributed by atoms with Crippen LogP contribution in [0.15, 0.2) is 91.0 Å². The Bertz CT molecular complexity index is 2910. The number of aliphatic hydroxyl groups excluding tert-OH is 1. The summed E-state index contributed by atoms with van der Waals surface area (Å²) in [5.74, 6) is -10.8. The molecule has 486 valence electrons. The second-order valence-electron chi connectivity index (χ2n) is 23.8. The van der Waals surface area contributed by atoms with Crippen LogP contribution in [0.4, 0.5) is 0 Å². The first-order valence-electron chi connectivity index (χ1n) is 30.2. The maximum atomic E-state index is 14.7. The number of nitrogens with one attached hydrogen (secondary N) is 4. The highest BCUT2D eigenvalue weighted by Gasteiger charge is 2.38. The summed E-state index contributed by atoms with van der Waals surface area (Å²) in [5, 5.41) is 20.0. The highest BCUT2D eigenvalue weighted by Crippen LogP contribution is 2.23. The Kier molecular flexibility index (Phi) is 32.2. The fourth-order valence-electron chi connectivity index (χ4n) is 9.78. The van der Waals surface area contributed by atoms with E-state index in [1.807, 2.05) is 50.2 Å². The van der Waals surface area contributed by atoms with E-state index in [2.05, 4.69) is 21.3 Å². The van der Waals surface area contributed by atoms with Gasteiger partial charge in [-0.15, -0.1) is 0 Å². The highest BCUT2D eigenvalue weighted by atomic mass is 32.2. The Labute approximate surface area is 526 Å². The lowest BCUT2D eigenvalue weighted by molar-refractivity contribution is -0.143. The van der Waals surface area contributed by atoms with Gasteiger partial charge in [-0.1, -0.05) is 144 Å². The van der Waals surface area contributed by atoms with Gasteiger partial charge in [0.05, 0.1) is 30.8 Å². The number of benzene rings is 3. The Morgan fingerprint density at radius 1 is 0.506 bits per heavy atom. The van der Waals surface area contributed by atoms with Crippen molar-refractivity contribution < 1.29 is 67.4 Å². The van der Waals surface area contributed by atoms with Crippen LogP contribution in [-0.4, -0.2) is 153 Å². The van der Waals surface area contributed by atoms with Crippen molar-refractivity contribution in [1.82, 2.24) is 31.1 Å². The van der Waals surface area contributed by atoms with Crippen LogP contribution in [-0.2, 0) is 80.9 Å². The number of hydrogen-bond acceptors (Lipinski definition) is 16. The predicted octanol–water partition coefficient (Wildman–Crippen LogP) is 3.93. The zero-order valence-corrected chi connectivity index (χ0v) is 53.8. The summed E-state index contributed by atoms with van der Waals surface area (Å²) >= 11 is 0.901. The lowest BCUT2D eigenvalue weighted by Gasteiger charge is -2.30. The number of thioether (sulfide) groups is 1. The summed E-state index contributed by atoms with van der Waals surface area (Å²) in [6, 6.07) is 18.5. The van der Waals surface area contributed by atoms with Crippen LogP contribution in [0.2, 0.25) is 0 Å². The fourth-order valence-corrected chi connectivity index (χ4v) is 10.6. The first kappa shape index (κ1) is 75.5. The van der Waals surface area contributed by atoms with Crippen LogP contribution in [0.5, 0.6) is 0 Å². The molecule has 0 aromatic heterocycles. The summed E-state index contributed by atoms with van der Waals surface area (Å²) in [5.41, 5.74) is 13.1. The van der Waals surface area contributed by atoms with E-state index in [9.17, 15) is 67.4 Å². The van der Waals surface area contributed by atoms with Crippen LogP contribution in [0, 0.1) is 29.6 Å². The molecule has 10 atom stereocenters. The van der Waals surface area contributed by atoms with Crippen molar-refractivity contribution in [3.63, 3.8) is 0 Å². The van der Waals surface area contributed by atoms with Crippen molar-refractivity contribution in [1.29, 1.82) is 0 Å². The molecule has 22 nitrogen and oxygen atoms in total. The number of carbonyl (C=O) groups is 13. The van der Waals surface area contributed by atoms with Crippen molar-refractivity contribution in [2.45, 2.75) is 174 Å². The van der Waals surface area contributed by atoms with E-state index in [4.69, 9.17) is 11.5 Å². The normalized spacial score (nSPS) is 14.6. The molecule has 23 heteroatoms. The van der Waals surface area contributed by atoms with Crippen molar-refractivity contribution >= 4 is 87.1 Å². The van der Waals surface area contributed by atoms with Crippen molar-refractivity contribution in [3.05, 3.63) is 108 Å². The molecule has 0 aliphatic heterocycles. The van der Waals surface area contributed by atoms with Gasteiger partial charge in [-0.2, -0.15) is 0 Å². The first-order chi connectivity index (χ1) is 41.9. The van der Waals surface area contributed by atoms with E-state index in [0.29, 0.717) is 5.56 Å². The maximum Gasteiger partial charge on any atom is 0.246 e. The molecule has 0 unspecified atom stereocenters. The Morgan fingerprint density at radius 2 is 1.03 bits per heavy atom. The van der Waals surface area contributed by atoms with Gasteiger partial charge in [0.2, 0.25) is 41.4 Å². The molecule has 3 aromatic rings. The van der Waals surface area contributed by atoms with Gasteiger partial charge in [-0.05, 0) is 61.6 Å². The van der Waals surface area contributed by atoms with E-state index in [1.165, 1.54) is 39.8 Å². The number of likely N-dealkylation sites (N-methyl/N-ethyl adjacent to an activating group) is 2. The van der Waals surface area contributed by atoms with Gasteiger partial charge in [0.15, 0.2) is 28.2 Å². The van der Waals surface area contributed by atoms with E-state index in [0.717, 1.165) is 27.8 Å². The van der Waals surface area contributed by atoms with Crippen LogP contribution in [0.25, 0.3) is 0 Å². The average Bonchev–Trinajstić information content (AvgIpc) is 1.73. The van der Waals surface area contributed by atoms with Crippen LogP contribution in [0.1, 0.15) is 130 Å². The summed E-state index contributed by atoms with van der Waals surface area (Å²) in [6.45, 7) is 12.2. The molecule has 0 bridgehead atoms. The van der Waals surface area contributed by atoms with Gasteiger partial charge in [0.25, 0.3) is 0 Å². The molecule has 3 rings (SSSR count). The van der Waals surface area contributed by atoms with E-state index < -0.39 is 155 Å². The number of rotatable bonds is 40. The minimum absolute atomic E-state index is 0.0275. The number of nitrogens with zero attached hydrogens (tertiary/aromatic N) is 2. The lowest BCUT2D eigenvalue weighted by atomic mass is 9.87. The SMILES string of the molecule is CC(C)C[C@H](NC(=O)CCC(=O)[C@H](Cc1ccccc1)N(C)C(=O)[C@H](C)CC(=O)[C@H](C)N)C(=O)C[C@@H](C)C(=O)N[C@H](C(=O)C[C@@H](Cc1ccccc1)C(=O)N[C@@H](CC(=O)SCc1ccccc1)C(=O)N(C)[C@@H](C)C(=O)N[C@@H](CO)C(=O)CCC(N)=O)C(C)C. The molecule has 0 aliphatic rings. The van der Waals surface area contributed by atoms with Crippen molar-refractivity contribution in [2.75, 3.05) is 20.7 Å². The number of carbonyl (C=O) groups excluding carboxylic acids is 13. The number of nitrogens with two attached hydrogens (primary N) is 2. The lowest BCUT2D eigenvalue weighted by Crippen LogP contribution is -2.56. The van der Waals surface area contributed by atoms with Gasteiger partial charge in [0, 0.05) is 89.0 Å². The number of amides is 7. The average molecular weight is 1250 g/mol. The molecule has 0 radical (unpaired) electrons. The molecule has 0 fully saturated rings. The summed E-state index contributed by atoms with van der Waals surface area (Å²) < 4.78 is 0. The molecule has 0 spiro atoms. The molecule has 0 heterocycles. The summed E-state index contributed by atoms with van der Waals surface area (Å²) in [7, 11) is 2.74. The van der Waals surface area contributed by atoms with E-state index in [1.54, 1.807) is 75.4 Å². The van der Waals surface area contributed by atoms with Gasteiger partial charge >= 0.3 is 0 Å². The molecule has 0 saturated carbocycles. The summed E-state index contributed by atoms with van der Waals surface area (Å²) in [6.07, 6.45) is -2.43. The van der Waals surface area contributed by atoms with Gasteiger partial charge in [0.1, 0.15) is 23.9 Å². The smallest absolute Gasteiger partial charge is 0.246 e. The fraction of sp³-hybridized carbons (Fsp3) is 0.530. The number of aliphatic hydroxyl groups is 1. The maximum absolute atomic E-state index is 14.7. The second kappa shape index (κ2) is 37.9. The molecular formula is C66H92N8O14S. The number of ketones is 5. The molecule has 0 aliphatic carbocycles. The topological polar surface area (TPSA) is 349 Å². The van der Waals surface area contributed by atoms with Crippen LogP contribution in [0.3, 0.4) is 0 Å². The molecule has 89 heavy (non-hydrogen) atoms. The molecule has 0 saturated heterocycles. The Hall–Kier alpha value is -7.76. The van der Waals surface area contributed by atoms with Crippen molar-refractivity contribution in [3.8, 4) is 0 Å². The third-order valence-electron chi connectivity index (χ3n) is 15.4. The molecular weight excluding hydrogens is 1160 g/mol. The summed E-state index contributed by atoms with van der Waals surface area (Å²) in [4.78, 5) is 179. The first-order valence-corrected chi connectivity index (χ1v) is 31.2. The third kappa shape index (κ3) is 26.1. The third-order valence-corrected chi connectivity index (χ3v) is 16.3. The molecule has 3 aromatic carbocycles. The Balaban J connectivity index is 1.82. The largest absolute Gasteiger partial charge is 0.394 e. The molecule has 7 amide bonds. The number of Topliss-reactive ketones (excluding diaryl/α,β-unsaturated/α-hetero) is 5.